The Morgan fingerprint density at radius 2 is 1.83 bits per heavy atom. The molecule has 192 valence electrons. The lowest BCUT2D eigenvalue weighted by Crippen LogP contribution is -2.57. The summed E-state index contributed by atoms with van der Waals surface area (Å²) < 4.78 is 5.82. The average molecular weight is 492 g/mol. The number of ketones is 2. The Balaban J connectivity index is 1.57. The Morgan fingerprint density at radius 1 is 1.11 bits per heavy atom. The number of ether oxygens (including phenoxy) is 1. The zero-order chi connectivity index (χ0) is 25.8. The van der Waals surface area contributed by atoms with Crippen molar-refractivity contribution in [1.82, 2.24) is 0 Å². The maximum absolute atomic E-state index is 13.1. The van der Waals surface area contributed by atoms with Crippen molar-refractivity contribution in [3.05, 3.63) is 52.6 Å². The van der Waals surface area contributed by atoms with Crippen LogP contribution in [0.15, 0.2) is 47.1 Å². The van der Waals surface area contributed by atoms with Gasteiger partial charge in [-0.3, -0.25) is 14.4 Å². The van der Waals surface area contributed by atoms with E-state index in [4.69, 9.17) is 4.74 Å². The molecule has 1 unspecified atom stereocenters. The number of hydrogen-bond acceptors (Lipinski definition) is 6. The van der Waals surface area contributed by atoms with Crippen molar-refractivity contribution in [2.75, 3.05) is 25.6 Å². The Labute approximate surface area is 213 Å². The molecule has 0 radical (unpaired) electrons. The van der Waals surface area contributed by atoms with Crippen molar-refractivity contribution in [1.29, 1.82) is 0 Å². The van der Waals surface area contributed by atoms with Gasteiger partial charge in [-0.2, -0.15) is 0 Å². The van der Waals surface area contributed by atoms with E-state index in [9.17, 15) is 19.5 Å². The van der Waals surface area contributed by atoms with Crippen LogP contribution in [0.1, 0.15) is 70.3 Å². The molecule has 0 saturated heterocycles. The highest BCUT2D eigenvalue weighted by Gasteiger charge is 2.66. The number of nitrogens with zero attached hydrogens (tertiary/aromatic N) is 1. The highest BCUT2D eigenvalue weighted by Crippen LogP contribution is 2.65. The van der Waals surface area contributed by atoms with E-state index in [0.717, 1.165) is 37.8 Å². The van der Waals surface area contributed by atoms with Gasteiger partial charge in [0.1, 0.15) is 6.61 Å². The smallest absolute Gasteiger partial charge is 0.303 e. The number of aliphatic hydroxyl groups excluding tert-OH is 1. The highest BCUT2D eigenvalue weighted by atomic mass is 16.6. The molecule has 1 aromatic carbocycles. The topological polar surface area (TPSA) is 83.9 Å². The molecular formula is C30H37NO5. The van der Waals surface area contributed by atoms with E-state index >= 15 is 0 Å². The SMILES string of the molecule is CC(=O)O[C@]1(C(=O)CO)CC[C@H]2[C@@H]3CCC4=CC(=O)CC(c5ccc(N(C)C)cc5)C4=C3CC[C@@]21C. The summed E-state index contributed by atoms with van der Waals surface area (Å²) in [7, 11) is 4.04. The maximum Gasteiger partial charge on any atom is 0.303 e. The van der Waals surface area contributed by atoms with Crippen LogP contribution in [0.3, 0.4) is 0 Å². The molecule has 4 aliphatic carbocycles. The van der Waals surface area contributed by atoms with Crippen LogP contribution in [0.2, 0.25) is 0 Å². The van der Waals surface area contributed by atoms with Crippen LogP contribution in [-0.2, 0) is 19.1 Å². The van der Waals surface area contributed by atoms with Crippen molar-refractivity contribution in [2.24, 2.45) is 17.3 Å². The third kappa shape index (κ3) is 3.68. The highest BCUT2D eigenvalue weighted by molar-refractivity contribution is 5.94. The lowest BCUT2D eigenvalue weighted by molar-refractivity contribution is -0.184. The van der Waals surface area contributed by atoms with Crippen LogP contribution in [0.4, 0.5) is 5.69 Å². The molecule has 0 heterocycles. The molecule has 1 aromatic rings. The van der Waals surface area contributed by atoms with Gasteiger partial charge in [-0.15, -0.1) is 0 Å². The molecule has 2 fully saturated rings. The summed E-state index contributed by atoms with van der Waals surface area (Å²) in [6, 6.07) is 8.54. The Bertz CT molecular complexity index is 1160. The first kappa shape index (κ1) is 24.9. The Kier molecular flexibility index (Phi) is 6.22. The summed E-state index contributed by atoms with van der Waals surface area (Å²) in [5.41, 5.74) is 4.48. The number of rotatable bonds is 5. The van der Waals surface area contributed by atoms with Gasteiger partial charge < -0.3 is 14.7 Å². The minimum absolute atomic E-state index is 0.0505. The van der Waals surface area contributed by atoms with Gasteiger partial charge in [-0.25, -0.2) is 0 Å². The molecule has 1 N–H and O–H groups in total. The molecule has 6 heteroatoms. The molecule has 0 amide bonds. The summed E-state index contributed by atoms with van der Waals surface area (Å²) >= 11 is 0. The van der Waals surface area contributed by atoms with Crippen molar-refractivity contribution in [2.45, 2.75) is 70.3 Å². The van der Waals surface area contributed by atoms with Crippen LogP contribution in [-0.4, -0.2) is 48.9 Å². The molecule has 5 rings (SSSR count). The molecule has 0 aliphatic heterocycles. The molecule has 2 saturated carbocycles. The van der Waals surface area contributed by atoms with Crippen molar-refractivity contribution < 1.29 is 24.2 Å². The maximum atomic E-state index is 13.1. The third-order valence-corrected chi connectivity index (χ3v) is 9.62. The van der Waals surface area contributed by atoms with Crippen LogP contribution in [0, 0.1) is 17.3 Å². The van der Waals surface area contributed by atoms with E-state index in [1.165, 1.54) is 29.2 Å². The molecule has 0 spiro atoms. The van der Waals surface area contributed by atoms with Crippen LogP contribution in [0.25, 0.3) is 0 Å². The van der Waals surface area contributed by atoms with Gasteiger partial charge in [0, 0.05) is 44.5 Å². The van der Waals surface area contributed by atoms with Gasteiger partial charge in [0.2, 0.25) is 5.78 Å². The fraction of sp³-hybridized carbons (Fsp3) is 0.567. The molecular weight excluding hydrogens is 454 g/mol. The zero-order valence-corrected chi connectivity index (χ0v) is 21.8. The zero-order valence-electron chi connectivity index (χ0n) is 21.8. The number of carbonyl (C=O) groups is 3. The second kappa shape index (κ2) is 8.98. The van der Waals surface area contributed by atoms with E-state index in [2.05, 4.69) is 36.1 Å². The van der Waals surface area contributed by atoms with Crippen LogP contribution in [0.5, 0.6) is 0 Å². The molecule has 6 nitrogen and oxygen atoms in total. The van der Waals surface area contributed by atoms with Gasteiger partial charge in [-0.05, 0) is 85.3 Å². The number of benzene rings is 1. The van der Waals surface area contributed by atoms with Gasteiger partial charge in [0.25, 0.3) is 0 Å². The third-order valence-electron chi connectivity index (χ3n) is 9.62. The predicted octanol–water partition coefficient (Wildman–Crippen LogP) is 4.52. The van der Waals surface area contributed by atoms with E-state index in [0.29, 0.717) is 12.8 Å². The van der Waals surface area contributed by atoms with Crippen molar-refractivity contribution >= 4 is 23.2 Å². The molecule has 36 heavy (non-hydrogen) atoms. The van der Waals surface area contributed by atoms with Gasteiger partial charge in [0.15, 0.2) is 11.4 Å². The number of carbonyl (C=O) groups excluding carboxylic acids is 3. The second-order valence-corrected chi connectivity index (χ2v) is 11.5. The predicted molar refractivity (Wildman–Crippen MR) is 138 cm³/mol. The summed E-state index contributed by atoms with van der Waals surface area (Å²) in [5.74, 6) is -0.120. The van der Waals surface area contributed by atoms with E-state index in [1.807, 2.05) is 20.2 Å². The number of fused-ring (bicyclic) bond motifs is 4. The number of hydrogen-bond donors (Lipinski definition) is 1. The van der Waals surface area contributed by atoms with E-state index < -0.39 is 23.6 Å². The Hall–Kier alpha value is -2.73. The number of esters is 1. The number of anilines is 1. The molecule has 0 aromatic heterocycles. The lowest BCUT2D eigenvalue weighted by Gasteiger charge is -2.52. The van der Waals surface area contributed by atoms with Gasteiger partial charge in [-0.1, -0.05) is 24.6 Å². The Morgan fingerprint density at radius 3 is 2.47 bits per heavy atom. The first-order valence-electron chi connectivity index (χ1n) is 13.2. The summed E-state index contributed by atoms with van der Waals surface area (Å²) in [6.07, 6.45) is 6.92. The first-order valence-corrected chi connectivity index (χ1v) is 13.2. The second-order valence-electron chi connectivity index (χ2n) is 11.5. The normalized spacial score (nSPS) is 33.3. The van der Waals surface area contributed by atoms with Gasteiger partial charge in [0.05, 0.1) is 0 Å². The van der Waals surface area contributed by atoms with Crippen molar-refractivity contribution in [3.63, 3.8) is 0 Å². The molecule has 4 aliphatic rings. The summed E-state index contributed by atoms with van der Waals surface area (Å²) in [5, 5.41) is 9.81. The fourth-order valence-corrected chi connectivity index (χ4v) is 7.98. The van der Waals surface area contributed by atoms with Crippen molar-refractivity contribution in [3.8, 4) is 0 Å². The minimum Gasteiger partial charge on any atom is -0.451 e. The number of aliphatic hydroxyl groups is 1. The van der Waals surface area contributed by atoms with E-state index in [1.54, 1.807) is 0 Å². The molecule has 5 atom stereocenters. The summed E-state index contributed by atoms with van der Waals surface area (Å²) in [6.45, 7) is 2.83. The van der Waals surface area contributed by atoms with Gasteiger partial charge >= 0.3 is 5.97 Å². The standard InChI is InChI=1S/C30H37NO5/c1-18(33)36-30(27(35)17-32)14-12-26-23-10-7-20-15-22(34)16-25(19-5-8-21(9-6-19)31(3)4)28(20)24(23)11-13-29(26,30)2/h5-6,8-9,15,23,25-26,32H,7,10-14,16-17H2,1-4H3/t23-,25?,26+,29+,30+/m1/s1. The average Bonchev–Trinajstić information content (AvgIpc) is 3.15. The first-order chi connectivity index (χ1) is 17.1. The number of Topliss-reactive ketones (excluding diaryl/α,β-unsaturated/α-hetero) is 1. The van der Waals surface area contributed by atoms with Crippen LogP contribution < -0.4 is 4.90 Å². The largest absolute Gasteiger partial charge is 0.451 e. The minimum atomic E-state index is -1.26. The monoisotopic (exact) mass is 491 g/mol. The summed E-state index contributed by atoms with van der Waals surface area (Å²) in [4.78, 5) is 40.0. The van der Waals surface area contributed by atoms with Crippen LogP contribution >= 0.6 is 0 Å². The molecule has 0 bridgehead atoms. The lowest BCUT2D eigenvalue weighted by atomic mass is 9.53. The number of allylic oxidation sites excluding steroid dienone is 4. The van der Waals surface area contributed by atoms with E-state index in [-0.39, 0.29) is 29.3 Å². The quantitative estimate of drug-likeness (QED) is 0.610. The fourth-order valence-electron chi connectivity index (χ4n) is 7.98.